The highest BCUT2D eigenvalue weighted by molar-refractivity contribution is 4.98. The molecule has 2 rings (SSSR count). The minimum atomic E-state index is -0.00611. The smallest absolute Gasteiger partial charge is 0.144 e. The zero-order chi connectivity index (χ0) is 9.36. The van der Waals surface area contributed by atoms with Gasteiger partial charge in [-0.25, -0.2) is 0 Å². The maximum absolute atomic E-state index is 5.93. The summed E-state index contributed by atoms with van der Waals surface area (Å²) < 4.78 is 5.93. The lowest BCUT2D eigenvalue weighted by Gasteiger charge is -2.51. The fourth-order valence-electron chi connectivity index (χ4n) is 2.03. The number of rotatable bonds is 2. The van der Waals surface area contributed by atoms with Crippen molar-refractivity contribution in [1.82, 2.24) is 10.6 Å². The Balaban J connectivity index is 1.94. The predicted molar refractivity (Wildman–Crippen MR) is 52.6 cm³/mol. The third kappa shape index (κ3) is 1.49. The van der Waals surface area contributed by atoms with Crippen molar-refractivity contribution in [2.24, 2.45) is 5.41 Å². The second-order valence-corrected chi connectivity index (χ2v) is 4.45. The molecule has 13 heavy (non-hydrogen) atoms. The van der Waals surface area contributed by atoms with Crippen LogP contribution in [0.3, 0.4) is 0 Å². The van der Waals surface area contributed by atoms with Crippen LogP contribution in [0.4, 0.5) is 0 Å². The van der Waals surface area contributed by atoms with Crippen LogP contribution in [0.15, 0.2) is 0 Å². The molecule has 0 radical (unpaired) electrons. The van der Waals surface area contributed by atoms with Crippen molar-refractivity contribution in [2.75, 3.05) is 26.2 Å². The van der Waals surface area contributed by atoms with E-state index in [1.165, 1.54) is 12.8 Å². The van der Waals surface area contributed by atoms with E-state index in [1.807, 2.05) is 0 Å². The molecule has 2 heterocycles. The Morgan fingerprint density at radius 2 is 1.85 bits per heavy atom. The molecule has 0 unspecified atom stereocenters. The highest BCUT2D eigenvalue weighted by Gasteiger charge is 2.45. The second-order valence-electron chi connectivity index (χ2n) is 4.45. The van der Waals surface area contributed by atoms with Crippen LogP contribution in [-0.4, -0.2) is 32.0 Å². The van der Waals surface area contributed by atoms with E-state index in [0.29, 0.717) is 5.41 Å². The summed E-state index contributed by atoms with van der Waals surface area (Å²) in [5, 5.41) is 6.79. The zero-order valence-corrected chi connectivity index (χ0v) is 8.65. The monoisotopic (exact) mass is 184 g/mol. The second kappa shape index (κ2) is 3.23. The van der Waals surface area contributed by atoms with Crippen molar-refractivity contribution < 1.29 is 4.74 Å². The first-order valence-electron chi connectivity index (χ1n) is 5.34. The Labute approximate surface area is 80.2 Å². The van der Waals surface area contributed by atoms with Gasteiger partial charge in [0.2, 0.25) is 0 Å². The largest absolute Gasteiger partial charge is 0.357 e. The van der Waals surface area contributed by atoms with Gasteiger partial charge in [0.15, 0.2) is 0 Å². The van der Waals surface area contributed by atoms with E-state index in [9.17, 15) is 0 Å². The molecular weight excluding hydrogens is 164 g/mol. The van der Waals surface area contributed by atoms with E-state index in [2.05, 4.69) is 24.5 Å². The third-order valence-corrected chi connectivity index (χ3v) is 3.76. The first-order chi connectivity index (χ1) is 6.24. The van der Waals surface area contributed by atoms with Crippen molar-refractivity contribution in [3.8, 4) is 0 Å². The molecule has 0 saturated carbocycles. The van der Waals surface area contributed by atoms with Gasteiger partial charge in [-0.15, -0.1) is 0 Å². The van der Waals surface area contributed by atoms with Gasteiger partial charge in [-0.1, -0.05) is 13.8 Å². The summed E-state index contributed by atoms with van der Waals surface area (Å²) in [6.45, 7) is 8.49. The van der Waals surface area contributed by atoms with E-state index in [0.717, 1.165) is 26.2 Å². The first-order valence-corrected chi connectivity index (χ1v) is 5.34. The molecule has 1 spiro atoms. The fourth-order valence-corrected chi connectivity index (χ4v) is 2.03. The fraction of sp³-hybridized carbons (Fsp3) is 1.00. The van der Waals surface area contributed by atoms with Crippen molar-refractivity contribution in [3.63, 3.8) is 0 Å². The summed E-state index contributed by atoms with van der Waals surface area (Å²) in [5.41, 5.74) is 0.384. The highest BCUT2D eigenvalue weighted by Crippen LogP contribution is 2.32. The molecule has 2 saturated heterocycles. The van der Waals surface area contributed by atoms with Gasteiger partial charge in [0.05, 0.1) is 6.61 Å². The van der Waals surface area contributed by atoms with E-state index in [4.69, 9.17) is 4.74 Å². The molecule has 2 N–H and O–H groups in total. The number of hydrogen-bond donors (Lipinski definition) is 2. The molecule has 0 bridgehead atoms. The van der Waals surface area contributed by atoms with Crippen LogP contribution in [0.5, 0.6) is 0 Å². The summed E-state index contributed by atoms with van der Waals surface area (Å²) in [7, 11) is 0. The average Bonchev–Trinajstić information content (AvgIpc) is 2.16. The number of hydrogen-bond acceptors (Lipinski definition) is 3. The summed E-state index contributed by atoms with van der Waals surface area (Å²) >= 11 is 0. The molecule has 0 amide bonds. The SMILES string of the molecule is CCC1(CC)CNC2(CNC2)OC1. The highest BCUT2D eigenvalue weighted by atomic mass is 16.5. The maximum atomic E-state index is 5.93. The average molecular weight is 184 g/mol. The lowest BCUT2D eigenvalue weighted by molar-refractivity contribution is -0.170. The lowest BCUT2D eigenvalue weighted by Crippen LogP contribution is -2.73. The van der Waals surface area contributed by atoms with Gasteiger partial charge in [0.25, 0.3) is 0 Å². The summed E-state index contributed by atoms with van der Waals surface area (Å²) in [5.74, 6) is 0. The van der Waals surface area contributed by atoms with Gasteiger partial charge >= 0.3 is 0 Å². The van der Waals surface area contributed by atoms with Crippen LogP contribution in [0.25, 0.3) is 0 Å². The molecule has 76 valence electrons. The van der Waals surface area contributed by atoms with Gasteiger partial charge in [0, 0.05) is 25.0 Å². The summed E-state index contributed by atoms with van der Waals surface area (Å²) in [6, 6.07) is 0. The van der Waals surface area contributed by atoms with Crippen LogP contribution in [0, 0.1) is 5.41 Å². The van der Waals surface area contributed by atoms with Gasteiger partial charge in [-0.2, -0.15) is 0 Å². The Morgan fingerprint density at radius 1 is 1.15 bits per heavy atom. The van der Waals surface area contributed by atoms with Crippen LogP contribution in [0.1, 0.15) is 26.7 Å². The van der Waals surface area contributed by atoms with Gasteiger partial charge in [-0.3, -0.25) is 5.32 Å². The molecule has 0 atom stereocenters. The first kappa shape index (κ1) is 9.44. The van der Waals surface area contributed by atoms with Crippen LogP contribution in [-0.2, 0) is 4.74 Å². The van der Waals surface area contributed by atoms with Crippen molar-refractivity contribution >= 4 is 0 Å². The normalized spacial score (nSPS) is 30.0. The van der Waals surface area contributed by atoms with E-state index >= 15 is 0 Å². The van der Waals surface area contributed by atoms with E-state index < -0.39 is 0 Å². The molecule has 0 aromatic heterocycles. The lowest BCUT2D eigenvalue weighted by atomic mass is 9.81. The van der Waals surface area contributed by atoms with Crippen molar-refractivity contribution in [1.29, 1.82) is 0 Å². The van der Waals surface area contributed by atoms with Crippen molar-refractivity contribution in [2.45, 2.75) is 32.4 Å². The van der Waals surface area contributed by atoms with Crippen LogP contribution in [0.2, 0.25) is 0 Å². The predicted octanol–water partition coefficient (Wildman–Crippen LogP) is 0.712. The quantitative estimate of drug-likeness (QED) is 0.663. The molecular formula is C10H20N2O. The minimum Gasteiger partial charge on any atom is -0.357 e. The zero-order valence-electron chi connectivity index (χ0n) is 8.65. The topological polar surface area (TPSA) is 33.3 Å². The van der Waals surface area contributed by atoms with E-state index in [-0.39, 0.29) is 5.72 Å². The van der Waals surface area contributed by atoms with E-state index in [1.54, 1.807) is 0 Å². The number of ether oxygens (including phenoxy) is 1. The van der Waals surface area contributed by atoms with Crippen LogP contribution >= 0.6 is 0 Å². The molecule has 0 aromatic rings. The van der Waals surface area contributed by atoms with Gasteiger partial charge < -0.3 is 10.1 Å². The standard InChI is InChI=1S/C10H20N2O/c1-3-9(4-2)5-12-10(13-8-9)6-11-7-10/h11-12H,3-8H2,1-2H3. The Kier molecular flexibility index (Phi) is 2.34. The molecule has 2 fully saturated rings. The minimum absolute atomic E-state index is 0.00611. The third-order valence-electron chi connectivity index (χ3n) is 3.76. The number of nitrogens with one attached hydrogen (secondary N) is 2. The molecule has 2 aliphatic rings. The van der Waals surface area contributed by atoms with Crippen molar-refractivity contribution in [3.05, 3.63) is 0 Å². The molecule has 3 heteroatoms. The summed E-state index contributed by atoms with van der Waals surface area (Å²) in [6.07, 6.45) is 2.42. The maximum Gasteiger partial charge on any atom is 0.144 e. The molecule has 3 nitrogen and oxygen atoms in total. The Hall–Kier alpha value is -0.120. The van der Waals surface area contributed by atoms with Gasteiger partial charge in [0.1, 0.15) is 5.72 Å². The van der Waals surface area contributed by atoms with Crippen LogP contribution < -0.4 is 10.6 Å². The Bertz CT molecular complexity index is 173. The molecule has 0 aromatic carbocycles. The van der Waals surface area contributed by atoms with Gasteiger partial charge in [-0.05, 0) is 12.8 Å². The molecule has 2 aliphatic heterocycles. The summed E-state index contributed by atoms with van der Waals surface area (Å²) in [4.78, 5) is 0. The Morgan fingerprint density at radius 3 is 2.15 bits per heavy atom. The molecule has 0 aliphatic carbocycles.